The molecule has 0 saturated carbocycles. The van der Waals surface area contributed by atoms with Gasteiger partial charge >= 0.3 is 0 Å². The van der Waals surface area contributed by atoms with Crippen LogP contribution in [0, 0.1) is 0 Å². The van der Waals surface area contributed by atoms with Crippen LogP contribution in [0.4, 0.5) is 0 Å². The van der Waals surface area contributed by atoms with Gasteiger partial charge in [0.2, 0.25) is 5.91 Å². The van der Waals surface area contributed by atoms with Gasteiger partial charge in [-0.1, -0.05) is 19.1 Å². The van der Waals surface area contributed by atoms with Crippen LogP contribution in [0.2, 0.25) is 0 Å². The van der Waals surface area contributed by atoms with E-state index in [4.69, 9.17) is 16.3 Å². The minimum Gasteiger partial charge on any atom is -0.497 e. The Morgan fingerprint density at radius 1 is 1.39 bits per heavy atom. The van der Waals surface area contributed by atoms with E-state index >= 15 is 0 Å². The van der Waals surface area contributed by atoms with Gasteiger partial charge in [0.25, 0.3) is 0 Å². The molecule has 0 aliphatic rings. The van der Waals surface area contributed by atoms with Crippen molar-refractivity contribution in [3.63, 3.8) is 0 Å². The van der Waals surface area contributed by atoms with Crippen molar-refractivity contribution in [3.8, 4) is 5.75 Å². The lowest BCUT2D eigenvalue weighted by atomic mass is 10.1. The third-order valence-electron chi connectivity index (χ3n) is 2.84. The smallest absolute Gasteiger partial charge is 0.220 e. The van der Waals surface area contributed by atoms with E-state index in [1.807, 2.05) is 31.2 Å². The van der Waals surface area contributed by atoms with Crippen LogP contribution < -0.4 is 10.1 Å². The summed E-state index contributed by atoms with van der Waals surface area (Å²) < 4.78 is 5.08. The summed E-state index contributed by atoms with van der Waals surface area (Å²) in [4.78, 5) is 11.7. The quantitative estimate of drug-likeness (QED) is 0.773. The molecule has 4 heteroatoms. The zero-order chi connectivity index (χ0) is 13.4. The number of carbonyl (C=O) groups excluding carboxylic acids is 1. The first-order chi connectivity index (χ1) is 8.69. The number of rotatable bonds is 7. The topological polar surface area (TPSA) is 38.3 Å². The molecule has 18 heavy (non-hydrogen) atoms. The second-order valence-corrected chi connectivity index (χ2v) is 4.48. The first kappa shape index (κ1) is 14.8. The number of benzene rings is 1. The summed E-state index contributed by atoms with van der Waals surface area (Å²) in [6, 6.07) is 7.84. The normalized spacial score (nSPS) is 11.9. The second kappa shape index (κ2) is 7.98. The molecular weight excluding hydrogens is 250 g/mol. The van der Waals surface area contributed by atoms with Crippen molar-refractivity contribution in [1.82, 2.24) is 5.32 Å². The predicted octanol–water partition coefficient (Wildman–Crippen LogP) is 2.76. The van der Waals surface area contributed by atoms with E-state index in [-0.39, 0.29) is 11.9 Å². The fraction of sp³-hybridized carbons (Fsp3) is 0.500. The highest BCUT2D eigenvalue weighted by molar-refractivity contribution is 6.18. The third-order valence-corrected chi connectivity index (χ3v) is 3.22. The lowest BCUT2D eigenvalue weighted by molar-refractivity contribution is -0.121. The van der Waals surface area contributed by atoms with Crippen molar-refractivity contribution in [2.45, 2.75) is 32.2 Å². The number of methoxy groups -OCH3 is 1. The predicted molar refractivity (Wildman–Crippen MR) is 74.3 cm³/mol. The molecule has 1 rings (SSSR count). The van der Waals surface area contributed by atoms with Gasteiger partial charge in [-0.15, -0.1) is 11.6 Å². The monoisotopic (exact) mass is 269 g/mol. The SMILES string of the molecule is CCC(CCl)NC(=O)CCc1ccc(OC)cc1. The number of alkyl halides is 1. The number of ether oxygens (including phenoxy) is 1. The molecule has 100 valence electrons. The lowest BCUT2D eigenvalue weighted by Crippen LogP contribution is -2.35. The average molecular weight is 270 g/mol. The summed E-state index contributed by atoms with van der Waals surface area (Å²) in [5, 5.41) is 2.91. The van der Waals surface area contributed by atoms with Crippen LogP contribution in [0.15, 0.2) is 24.3 Å². The maximum absolute atomic E-state index is 11.7. The number of nitrogens with one attached hydrogen (secondary N) is 1. The van der Waals surface area contributed by atoms with Gasteiger partial charge in [-0.25, -0.2) is 0 Å². The van der Waals surface area contributed by atoms with Gasteiger partial charge in [0.15, 0.2) is 0 Å². The van der Waals surface area contributed by atoms with E-state index in [2.05, 4.69) is 5.32 Å². The standard InChI is InChI=1S/C14H20ClNO2/c1-3-12(10-15)16-14(17)9-6-11-4-7-13(18-2)8-5-11/h4-5,7-8,12H,3,6,9-10H2,1-2H3,(H,16,17). The van der Waals surface area contributed by atoms with Gasteiger partial charge < -0.3 is 10.1 Å². The highest BCUT2D eigenvalue weighted by Crippen LogP contribution is 2.12. The molecule has 1 unspecified atom stereocenters. The van der Waals surface area contributed by atoms with Gasteiger partial charge in [-0.2, -0.15) is 0 Å². The summed E-state index contributed by atoms with van der Waals surface area (Å²) in [5.74, 6) is 1.35. The Bertz CT molecular complexity index is 361. The van der Waals surface area contributed by atoms with Crippen LogP contribution in [-0.4, -0.2) is 24.9 Å². The number of hydrogen-bond acceptors (Lipinski definition) is 2. The molecule has 0 spiro atoms. The van der Waals surface area contributed by atoms with Gasteiger partial charge in [0.05, 0.1) is 7.11 Å². The fourth-order valence-electron chi connectivity index (χ4n) is 1.60. The molecule has 0 heterocycles. The number of carbonyl (C=O) groups is 1. The largest absolute Gasteiger partial charge is 0.497 e. The Kier molecular flexibility index (Phi) is 6.58. The Morgan fingerprint density at radius 2 is 2.06 bits per heavy atom. The van der Waals surface area contributed by atoms with Crippen LogP contribution in [0.3, 0.4) is 0 Å². The zero-order valence-corrected chi connectivity index (χ0v) is 11.7. The highest BCUT2D eigenvalue weighted by atomic mass is 35.5. The first-order valence-electron chi connectivity index (χ1n) is 6.17. The van der Waals surface area contributed by atoms with Gasteiger partial charge in [-0.05, 0) is 30.5 Å². The van der Waals surface area contributed by atoms with Crippen molar-refractivity contribution >= 4 is 17.5 Å². The Hall–Kier alpha value is -1.22. The summed E-state index contributed by atoms with van der Waals surface area (Å²) in [7, 11) is 1.64. The first-order valence-corrected chi connectivity index (χ1v) is 6.71. The maximum Gasteiger partial charge on any atom is 0.220 e. The molecular formula is C14H20ClNO2. The minimum atomic E-state index is 0.0540. The van der Waals surface area contributed by atoms with E-state index in [9.17, 15) is 4.79 Å². The molecule has 1 amide bonds. The molecule has 0 aliphatic heterocycles. The van der Waals surface area contributed by atoms with E-state index in [0.29, 0.717) is 12.3 Å². The van der Waals surface area contributed by atoms with E-state index < -0.39 is 0 Å². The molecule has 0 saturated heterocycles. The number of aryl methyl sites for hydroxylation is 1. The molecule has 0 aromatic heterocycles. The Balaban J connectivity index is 2.37. The van der Waals surface area contributed by atoms with Crippen LogP contribution in [0.5, 0.6) is 5.75 Å². The molecule has 1 aromatic carbocycles. The zero-order valence-electron chi connectivity index (χ0n) is 10.9. The lowest BCUT2D eigenvalue weighted by Gasteiger charge is -2.13. The molecule has 3 nitrogen and oxygen atoms in total. The van der Waals surface area contributed by atoms with Crippen LogP contribution in [0.1, 0.15) is 25.3 Å². The van der Waals surface area contributed by atoms with Crippen LogP contribution in [0.25, 0.3) is 0 Å². The summed E-state index contributed by atoms with van der Waals surface area (Å²) in [6.07, 6.45) is 2.08. The Labute approximate surface area is 113 Å². The summed E-state index contributed by atoms with van der Waals surface area (Å²) in [6.45, 7) is 2.01. The van der Waals surface area contributed by atoms with Gasteiger partial charge in [-0.3, -0.25) is 4.79 Å². The summed E-state index contributed by atoms with van der Waals surface area (Å²) in [5.41, 5.74) is 1.13. The molecule has 0 fully saturated rings. The van der Waals surface area contributed by atoms with Crippen molar-refractivity contribution < 1.29 is 9.53 Å². The molecule has 0 radical (unpaired) electrons. The maximum atomic E-state index is 11.7. The average Bonchev–Trinajstić information content (AvgIpc) is 2.43. The molecule has 1 N–H and O–H groups in total. The van der Waals surface area contributed by atoms with E-state index in [1.54, 1.807) is 7.11 Å². The summed E-state index contributed by atoms with van der Waals surface area (Å²) >= 11 is 5.73. The molecule has 0 bridgehead atoms. The number of amides is 1. The van der Waals surface area contributed by atoms with Crippen LogP contribution >= 0.6 is 11.6 Å². The highest BCUT2D eigenvalue weighted by Gasteiger charge is 2.08. The third kappa shape index (κ3) is 4.96. The van der Waals surface area contributed by atoms with Crippen LogP contribution in [-0.2, 0) is 11.2 Å². The number of halogens is 1. The van der Waals surface area contributed by atoms with Crippen molar-refractivity contribution in [3.05, 3.63) is 29.8 Å². The minimum absolute atomic E-state index is 0.0540. The van der Waals surface area contributed by atoms with Crippen molar-refractivity contribution in [2.75, 3.05) is 13.0 Å². The van der Waals surface area contributed by atoms with E-state index in [1.165, 1.54) is 0 Å². The van der Waals surface area contributed by atoms with Gasteiger partial charge in [0, 0.05) is 18.3 Å². The Morgan fingerprint density at radius 3 is 2.56 bits per heavy atom. The van der Waals surface area contributed by atoms with Gasteiger partial charge in [0.1, 0.15) is 5.75 Å². The van der Waals surface area contributed by atoms with E-state index in [0.717, 1.165) is 24.2 Å². The van der Waals surface area contributed by atoms with Crippen molar-refractivity contribution in [1.29, 1.82) is 0 Å². The second-order valence-electron chi connectivity index (χ2n) is 4.18. The molecule has 1 atom stereocenters. The number of hydrogen-bond donors (Lipinski definition) is 1. The fourth-order valence-corrected chi connectivity index (χ4v) is 1.90. The molecule has 0 aliphatic carbocycles. The van der Waals surface area contributed by atoms with Crippen molar-refractivity contribution in [2.24, 2.45) is 0 Å². The molecule has 1 aromatic rings.